The van der Waals surface area contributed by atoms with Gasteiger partial charge in [0, 0.05) is 49.9 Å². The van der Waals surface area contributed by atoms with Gasteiger partial charge in [-0.15, -0.1) is 0 Å². The molecule has 0 saturated carbocycles. The largest absolute Gasteiger partial charge is 0.464 e. The summed E-state index contributed by atoms with van der Waals surface area (Å²) in [5, 5.41) is 3.05. The fraction of sp³-hybridized carbons (Fsp3) is 0.393. The first-order valence-electron chi connectivity index (χ1n) is 12.2. The molecule has 1 aliphatic heterocycles. The number of nitrogens with one attached hydrogen (secondary N) is 1. The van der Waals surface area contributed by atoms with Crippen molar-refractivity contribution in [3.63, 3.8) is 0 Å². The number of hydrogen-bond donors (Lipinski definition) is 1. The monoisotopic (exact) mass is 494 g/mol. The highest BCUT2D eigenvalue weighted by Gasteiger charge is 2.34. The molecule has 0 radical (unpaired) electrons. The van der Waals surface area contributed by atoms with Crippen LogP contribution in [-0.4, -0.2) is 59.2 Å². The molecule has 1 fully saturated rings. The zero-order valence-corrected chi connectivity index (χ0v) is 21.4. The Balaban J connectivity index is 0.000000658. The SMILES string of the molecule is CC(C)C=O.CC1CN(Cc2ncccc2F)CC(C(=O)NCc2ccc(-c3ccco3)cc2)N1C. The molecular formula is C28H35FN4O3. The second-order valence-electron chi connectivity index (χ2n) is 9.43. The molecule has 1 amide bonds. The Labute approximate surface area is 212 Å². The van der Waals surface area contributed by atoms with Crippen LogP contribution in [0, 0.1) is 11.7 Å². The lowest BCUT2D eigenvalue weighted by Crippen LogP contribution is -2.60. The van der Waals surface area contributed by atoms with Gasteiger partial charge in [-0.1, -0.05) is 38.1 Å². The molecule has 2 aromatic heterocycles. The Morgan fingerprint density at radius 2 is 1.92 bits per heavy atom. The number of aldehydes is 1. The molecule has 0 spiro atoms. The van der Waals surface area contributed by atoms with E-state index >= 15 is 0 Å². The molecule has 1 aliphatic rings. The van der Waals surface area contributed by atoms with Crippen LogP contribution in [0.15, 0.2) is 65.4 Å². The number of amides is 1. The van der Waals surface area contributed by atoms with Crippen molar-refractivity contribution in [2.75, 3.05) is 20.1 Å². The molecule has 8 heteroatoms. The topological polar surface area (TPSA) is 78.7 Å². The first kappa shape index (κ1) is 27.2. The predicted molar refractivity (Wildman–Crippen MR) is 137 cm³/mol. The van der Waals surface area contributed by atoms with Crippen molar-refractivity contribution in [3.8, 4) is 11.3 Å². The third kappa shape index (κ3) is 7.57. The van der Waals surface area contributed by atoms with E-state index in [1.165, 1.54) is 6.07 Å². The minimum atomic E-state index is -0.312. The van der Waals surface area contributed by atoms with Gasteiger partial charge in [-0.25, -0.2) is 4.39 Å². The number of likely N-dealkylation sites (N-methyl/N-ethyl adjacent to an activating group) is 1. The number of hydrogen-bond acceptors (Lipinski definition) is 6. The van der Waals surface area contributed by atoms with Gasteiger partial charge >= 0.3 is 0 Å². The average Bonchev–Trinajstić information content (AvgIpc) is 3.42. The van der Waals surface area contributed by atoms with Crippen molar-refractivity contribution in [2.45, 2.75) is 45.9 Å². The second-order valence-corrected chi connectivity index (χ2v) is 9.43. The van der Waals surface area contributed by atoms with Gasteiger partial charge in [-0.3, -0.25) is 19.6 Å². The molecule has 36 heavy (non-hydrogen) atoms. The van der Waals surface area contributed by atoms with Crippen LogP contribution in [0.25, 0.3) is 11.3 Å². The van der Waals surface area contributed by atoms with Gasteiger partial charge in [-0.05, 0) is 43.8 Å². The summed E-state index contributed by atoms with van der Waals surface area (Å²) in [5.41, 5.74) is 2.43. The third-order valence-corrected chi connectivity index (χ3v) is 6.15. The van der Waals surface area contributed by atoms with E-state index in [-0.39, 0.29) is 29.7 Å². The van der Waals surface area contributed by atoms with E-state index in [0.29, 0.717) is 25.3 Å². The van der Waals surface area contributed by atoms with Crippen LogP contribution in [0.2, 0.25) is 0 Å². The van der Waals surface area contributed by atoms with Gasteiger partial charge < -0.3 is 14.5 Å². The molecule has 7 nitrogen and oxygen atoms in total. The molecule has 2 unspecified atom stereocenters. The lowest BCUT2D eigenvalue weighted by atomic mass is 10.1. The number of rotatable bonds is 7. The molecule has 2 atom stereocenters. The van der Waals surface area contributed by atoms with Crippen molar-refractivity contribution in [2.24, 2.45) is 5.92 Å². The maximum atomic E-state index is 14.0. The fourth-order valence-corrected chi connectivity index (χ4v) is 3.94. The van der Waals surface area contributed by atoms with E-state index in [9.17, 15) is 14.0 Å². The van der Waals surface area contributed by atoms with Gasteiger partial charge in [0.05, 0.1) is 12.0 Å². The summed E-state index contributed by atoms with van der Waals surface area (Å²) in [6.45, 7) is 7.91. The fourth-order valence-electron chi connectivity index (χ4n) is 3.94. The number of aromatic nitrogens is 1. The van der Waals surface area contributed by atoms with Crippen molar-refractivity contribution in [3.05, 3.63) is 78.1 Å². The number of piperazine rings is 1. The number of nitrogens with zero attached hydrogens (tertiary/aromatic N) is 3. The Bertz CT molecular complexity index is 1100. The zero-order valence-electron chi connectivity index (χ0n) is 21.4. The van der Waals surface area contributed by atoms with Crippen molar-refractivity contribution < 1.29 is 18.4 Å². The minimum absolute atomic E-state index is 0.0318. The van der Waals surface area contributed by atoms with Gasteiger partial charge in [-0.2, -0.15) is 0 Å². The van der Waals surface area contributed by atoms with Gasteiger partial charge in [0.15, 0.2) is 0 Å². The summed E-state index contributed by atoms with van der Waals surface area (Å²) in [7, 11) is 1.96. The Kier molecular flexibility index (Phi) is 9.90. The molecule has 1 N–H and O–H groups in total. The van der Waals surface area contributed by atoms with E-state index in [2.05, 4.69) is 27.0 Å². The first-order chi connectivity index (χ1) is 17.3. The summed E-state index contributed by atoms with van der Waals surface area (Å²) < 4.78 is 19.4. The maximum Gasteiger partial charge on any atom is 0.238 e. The Morgan fingerprint density at radius 1 is 1.19 bits per heavy atom. The first-order valence-corrected chi connectivity index (χ1v) is 12.2. The Hall–Kier alpha value is -3.36. The lowest BCUT2D eigenvalue weighted by molar-refractivity contribution is -0.130. The third-order valence-electron chi connectivity index (χ3n) is 6.15. The molecule has 4 rings (SSSR count). The van der Waals surface area contributed by atoms with Gasteiger partial charge in [0.1, 0.15) is 23.9 Å². The number of carbonyl (C=O) groups is 2. The van der Waals surface area contributed by atoms with Crippen LogP contribution in [0.1, 0.15) is 32.0 Å². The minimum Gasteiger partial charge on any atom is -0.464 e. The van der Waals surface area contributed by atoms with Crippen molar-refractivity contribution in [1.29, 1.82) is 0 Å². The lowest BCUT2D eigenvalue weighted by Gasteiger charge is -2.42. The Morgan fingerprint density at radius 3 is 2.53 bits per heavy atom. The van der Waals surface area contributed by atoms with Crippen LogP contribution in [-0.2, 0) is 22.7 Å². The van der Waals surface area contributed by atoms with Gasteiger partial charge in [0.2, 0.25) is 5.91 Å². The van der Waals surface area contributed by atoms with Gasteiger partial charge in [0.25, 0.3) is 0 Å². The summed E-state index contributed by atoms with van der Waals surface area (Å²) >= 11 is 0. The van der Waals surface area contributed by atoms with Crippen LogP contribution < -0.4 is 5.32 Å². The van der Waals surface area contributed by atoms with Crippen LogP contribution in [0.4, 0.5) is 4.39 Å². The van der Waals surface area contributed by atoms with Crippen molar-refractivity contribution >= 4 is 12.2 Å². The predicted octanol–water partition coefficient (Wildman–Crippen LogP) is 4.14. The number of pyridine rings is 1. The number of carbonyl (C=O) groups excluding carboxylic acids is 2. The smallest absolute Gasteiger partial charge is 0.238 e. The highest BCUT2D eigenvalue weighted by atomic mass is 19.1. The van der Waals surface area contributed by atoms with E-state index in [4.69, 9.17) is 4.42 Å². The molecule has 1 aromatic carbocycles. The highest BCUT2D eigenvalue weighted by molar-refractivity contribution is 5.82. The molecule has 1 saturated heterocycles. The number of halogens is 1. The molecular weight excluding hydrogens is 459 g/mol. The molecule has 192 valence electrons. The van der Waals surface area contributed by atoms with Crippen molar-refractivity contribution in [1.82, 2.24) is 20.1 Å². The summed E-state index contributed by atoms with van der Waals surface area (Å²) in [6.07, 6.45) is 4.16. The van der Waals surface area contributed by atoms with Crippen LogP contribution >= 0.6 is 0 Å². The molecule has 0 aliphatic carbocycles. The molecule has 3 heterocycles. The summed E-state index contributed by atoms with van der Waals surface area (Å²) in [4.78, 5) is 30.8. The van der Waals surface area contributed by atoms with Crippen LogP contribution in [0.3, 0.4) is 0 Å². The summed E-state index contributed by atoms with van der Waals surface area (Å²) in [5.74, 6) is 0.677. The van der Waals surface area contributed by atoms with E-state index in [1.807, 2.05) is 57.3 Å². The standard InChI is InChI=1S/C24H27FN4O2.C4H8O/c1-17-14-29(15-21-20(25)5-3-11-26-21)16-22(28(17)2)24(30)27-13-18-7-9-19(10-8-18)23-6-4-12-31-23;1-4(2)3-5/h3-12,17,22H,13-16H2,1-2H3,(H,27,30);3-4H,1-2H3. The molecule has 3 aromatic rings. The quantitative estimate of drug-likeness (QED) is 0.498. The van der Waals surface area contributed by atoms with E-state index in [1.54, 1.807) is 18.5 Å². The zero-order chi connectivity index (χ0) is 26.1. The second kappa shape index (κ2) is 13.1. The highest BCUT2D eigenvalue weighted by Crippen LogP contribution is 2.20. The maximum absolute atomic E-state index is 14.0. The molecule has 0 bridgehead atoms. The van der Waals surface area contributed by atoms with E-state index < -0.39 is 0 Å². The number of furan rings is 1. The average molecular weight is 495 g/mol. The normalized spacial score (nSPS) is 18.4. The summed E-state index contributed by atoms with van der Waals surface area (Å²) in [6, 6.07) is 14.6. The number of benzene rings is 1. The van der Waals surface area contributed by atoms with Crippen LogP contribution in [0.5, 0.6) is 0 Å². The van der Waals surface area contributed by atoms with E-state index in [0.717, 1.165) is 29.7 Å².